The molecule has 0 fully saturated rings. The molecule has 13 heavy (non-hydrogen) atoms. The first-order valence-corrected chi connectivity index (χ1v) is 7.19. The number of allylic oxidation sites excluding steroid dienone is 5. The van der Waals surface area contributed by atoms with Crippen LogP contribution in [0, 0.1) is 0 Å². The quantitative estimate of drug-likeness (QED) is 0.394. The monoisotopic (exact) mass is 294 g/mol. The largest absolute Gasteiger partial charge is 1.00 e. The molecule has 3 heteroatoms. The molecule has 1 rings (SSSR count). The molecule has 0 heterocycles. The van der Waals surface area contributed by atoms with E-state index in [0.29, 0.717) is 0 Å². The van der Waals surface area contributed by atoms with Gasteiger partial charge in [0, 0.05) is 0 Å². The maximum absolute atomic E-state index is 3.73. The summed E-state index contributed by atoms with van der Waals surface area (Å²) in [4.78, 5) is 0. The van der Waals surface area contributed by atoms with E-state index in [2.05, 4.69) is 31.7 Å². The minimum Gasteiger partial charge on any atom is -1.00 e. The minimum atomic E-state index is -0.151. The molecule has 1 unspecified atom stereocenters. The van der Waals surface area contributed by atoms with Gasteiger partial charge in [-0.1, -0.05) is 0 Å². The Bertz CT molecular complexity index is 197. The third kappa shape index (κ3) is 6.71. The van der Waals surface area contributed by atoms with Gasteiger partial charge in [0.1, 0.15) is 0 Å². The summed E-state index contributed by atoms with van der Waals surface area (Å²) in [5.74, 6) is 0. The van der Waals surface area contributed by atoms with Crippen molar-refractivity contribution in [1.29, 1.82) is 0 Å². The van der Waals surface area contributed by atoms with Crippen LogP contribution in [0.25, 0.3) is 0 Å². The second kappa shape index (κ2) is 9.25. The molecule has 0 spiro atoms. The van der Waals surface area contributed by atoms with Gasteiger partial charge in [-0.2, -0.15) is 0 Å². The van der Waals surface area contributed by atoms with Crippen molar-refractivity contribution in [1.82, 2.24) is 0 Å². The van der Waals surface area contributed by atoms with Gasteiger partial charge in [-0.15, -0.1) is 0 Å². The van der Waals surface area contributed by atoms with E-state index in [1.54, 1.807) is 0 Å². The van der Waals surface area contributed by atoms with Crippen LogP contribution >= 0.6 is 0 Å². The van der Waals surface area contributed by atoms with E-state index in [1.807, 2.05) is 6.08 Å². The van der Waals surface area contributed by atoms with Crippen LogP contribution in [0.1, 0.15) is 13.3 Å². The fourth-order valence-corrected chi connectivity index (χ4v) is 4.37. The number of rotatable bonds is 4. The van der Waals surface area contributed by atoms with Crippen molar-refractivity contribution in [2.24, 2.45) is 0 Å². The molecule has 1 aliphatic rings. The average Bonchev–Trinajstić information content (AvgIpc) is 2.37. The first-order valence-electron chi connectivity index (χ1n) is 4.04. The molecular weight excluding hydrogens is 282 g/mol. The van der Waals surface area contributed by atoms with E-state index in [4.69, 9.17) is 0 Å². The van der Waals surface area contributed by atoms with E-state index in [0.717, 1.165) is 3.63 Å². The van der Waals surface area contributed by atoms with E-state index in [9.17, 15) is 0 Å². The van der Waals surface area contributed by atoms with Crippen LogP contribution in [-0.2, 0) is 23.2 Å². The van der Waals surface area contributed by atoms with Gasteiger partial charge in [-0.3, -0.25) is 0 Å². The standard InChI is InChI=1S/C6H7.C4H7.2ClH.Zr/c1-6-4-2-3-5-6;1-3-4-2;;;/h2-5H,1H3;3H,1-2,4H2;2*1H;/q;;;;+2/p-2. The molecule has 0 amide bonds. The molecule has 0 aromatic rings. The SMILES string of the molecule is C=CC[CH2][Zr+2][CH]1C=CC(C)=C1.[Cl-].[Cl-]. The Hall–Kier alpha value is 0.683. The fraction of sp³-hybridized carbons (Fsp3) is 0.400. The van der Waals surface area contributed by atoms with Crippen molar-refractivity contribution in [2.75, 3.05) is 0 Å². The predicted molar refractivity (Wildman–Crippen MR) is 46.3 cm³/mol. The third-order valence-electron chi connectivity index (χ3n) is 1.74. The van der Waals surface area contributed by atoms with Crippen LogP contribution in [0.2, 0.25) is 7.75 Å². The predicted octanol–water partition coefficient (Wildman–Crippen LogP) is -2.62. The number of halogens is 2. The van der Waals surface area contributed by atoms with Gasteiger partial charge in [0.2, 0.25) is 0 Å². The molecule has 0 aliphatic heterocycles. The summed E-state index contributed by atoms with van der Waals surface area (Å²) in [6, 6.07) is 0. The Morgan fingerprint density at radius 1 is 1.54 bits per heavy atom. The Morgan fingerprint density at radius 2 is 2.23 bits per heavy atom. The Morgan fingerprint density at radius 3 is 2.69 bits per heavy atom. The molecule has 0 bridgehead atoms. The normalized spacial score (nSPS) is 17.9. The fourth-order valence-electron chi connectivity index (χ4n) is 1.13. The summed E-state index contributed by atoms with van der Waals surface area (Å²) in [5.41, 5.74) is 1.45. The molecule has 0 saturated heterocycles. The van der Waals surface area contributed by atoms with Crippen LogP contribution in [0.4, 0.5) is 0 Å². The summed E-state index contributed by atoms with van der Waals surface area (Å²) in [6.07, 6.45) is 10.3. The van der Waals surface area contributed by atoms with Gasteiger partial charge in [0.25, 0.3) is 0 Å². The van der Waals surface area contributed by atoms with Crippen molar-refractivity contribution in [3.05, 3.63) is 36.5 Å². The zero-order chi connectivity index (χ0) is 8.10. The summed E-state index contributed by atoms with van der Waals surface area (Å²) in [6.45, 7) is 5.92. The molecule has 1 aliphatic carbocycles. The third-order valence-corrected chi connectivity index (χ3v) is 5.20. The maximum Gasteiger partial charge on any atom is -1.00 e. The molecule has 0 saturated carbocycles. The number of hydrogen-bond acceptors (Lipinski definition) is 0. The van der Waals surface area contributed by atoms with Crippen molar-refractivity contribution in [3.8, 4) is 0 Å². The van der Waals surface area contributed by atoms with Crippen LogP contribution in [0.3, 0.4) is 0 Å². The van der Waals surface area contributed by atoms with E-state index < -0.39 is 0 Å². The average molecular weight is 296 g/mol. The first kappa shape index (κ1) is 16.1. The summed E-state index contributed by atoms with van der Waals surface area (Å²) in [5, 5.41) is 0. The number of hydrogen-bond donors (Lipinski definition) is 0. The zero-order valence-corrected chi connectivity index (χ0v) is 11.7. The Labute approximate surface area is 105 Å². The van der Waals surface area contributed by atoms with E-state index in [1.165, 1.54) is 16.1 Å². The van der Waals surface area contributed by atoms with Crippen LogP contribution in [-0.4, -0.2) is 0 Å². The second-order valence-corrected chi connectivity index (χ2v) is 6.70. The van der Waals surface area contributed by atoms with Gasteiger partial charge in [0.05, 0.1) is 0 Å². The van der Waals surface area contributed by atoms with Gasteiger partial charge in [-0.05, 0) is 0 Å². The Balaban J connectivity index is 0. The maximum atomic E-state index is 3.73. The second-order valence-electron chi connectivity index (χ2n) is 2.83. The zero-order valence-electron chi connectivity index (χ0n) is 7.76. The molecule has 1 atom stereocenters. The molecule has 0 aromatic carbocycles. The smallest absolute Gasteiger partial charge is 1.00 e. The minimum absolute atomic E-state index is 0. The summed E-state index contributed by atoms with van der Waals surface area (Å²) < 4.78 is 2.31. The van der Waals surface area contributed by atoms with Gasteiger partial charge in [0.15, 0.2) is 0 Å². The van der Waals surface area contributed by atoms with Crippen LogP contribution in [0.15, 0.2) is 36.5 Å². The molecule has 0 aromatic heterocycles. The van der Waals surface area contributed by atoms with Crippen LogP contribution in [0.5, 0.6) is 0 Å². The molecule has 0 nitrogen and oxygen atoms in total. The topological polar surface area (TPSA) is 0 Å². The molecule has 72 valence electrons. The van der Waals surface area contributed by atoms with Crippen molar-refractivity contribution < 1.29 is 48.0 Å². The molecule has 0 radical (unpaired) electrons. The van der Waals surface area contributed by atoms with Crippen molar-refractivity contribution >= 4 is 0 Å². The van der Waals surface area contributed by atoms with Gasteiger partial charge in [-0.25, -0.2) is 0 Å². The molecule has 0 N–H and O–H groups in total. The van der Waals surface area contributed by atoms with E-state index >= 15 is 0 Å². The summed E-state index contributed by atoms with van der Waals surface area (Å²) >= 11 is -0.151. The van der Waals surface area contributed by atoms with Gasteiger partial charge < -0.3 is 24.8 Å². The summed E-state index contributed by atoms with van der Waals surface area (Å²) in [7, 11) is 0. The van der Waals surface area contributed by atoms with Gasteiger partial charge >= 0.3 is 80.8 Å². The van der Waals surface area contributed by atoms with Crippen molar-refractivity contribution in [3.63, 3.8) is 0 Å². The van der Waals surface area contributed by atoms with E-state index in [-0.39, 0.29) is 48.0 Å². The first-order chi connectivity index (χ1) is 5.33. The van der Waals surface area contributed by atoms with Crippen LogP contribution < -0.4 is 24.8 Å². The Kier molecular flexibility index (Phi) is 11.5. The van der Waals surface area contributed by atoms with Crippen molar-refractivity contribution in [2.45, 2.75) is 21.1 Å². The molecular formula is C10H14Cl2Zr.